The summed E-state index contributed by atoms with van der Waals surface area (Å²) in [6.07, 6.45) is -10.9. The molecule has 34 heavy (non-hydrogen) atoms. The molecule has 0 unspecified atom stereocenters. The first-order chi connectivity index (χ1) is 15.0. The Labute approximate surface area is 213 Å². The second-order valence-electron chi connectivity index (χ2n) is 8.20. The van der Waals surface area contributed by atoms with Crippen LogP contribution in [0.25, 0.3) is 0 Å². The van der Waals surface area contributed by atoms with E-state index in [2.05, 4.69) is 0 Å². The summed E-state index contributed by atoms with van der Waals surface area (Å²) < 4.78 is 175. The molecule has 0 aromatic carbocycles. The van der Waals surface area contributed by atoms with E-state index in [4.69, 9.17) is 0 Å². The van der Waals surface area contributed by atoms with Gasteiger partial charge < -0.3 is 0 Å². The van der Waals surface area contributed by atoms with Crippen LogP contribution in [-0.4, -0.2) is 43.9 Å². The third-order valence-electron chi connectivity index (χ3n) is 5.84. The minimum absolute atomic E-state index is 0.245. The molecule has 0 aliphatic heterocycles. The van der Waals surface area contributed by atoms with Crippen molar-refractivity contribution < 1.29 is 61.5 Å². The maximum Gasteiger partial charge on any atom is 0.459 e. The van der Waals surface area contributed by atoms with E-state index < -0.39 is 55.7 Å². The summed E-state index contributed by atoms with van der Waals surface area (Å²) in [5.41, 5.74) is 0. The van der Waals surface area contributed by atoms with E-state index in [9.17, 15) is 61.5 Å². The van der Waals surface area contributed by atoms with E-state index in [0.29, 0.717) is 12.8 Å². The highest BCUT2D eigenvalue weighted by molar-refractivity contribution is 14.1. The topological polar surface area (TPSA) is 0 Å². The summed E-state index contributed by atoms with van der Waals surface area (Å²) in [6, 6.07) is 0. The molecule has 0 nitrogen and oxygen atoms in total. The minimum Gasteiger partial charge on any atom is -0.199 e. The minimum atomic E-state index is -6.22. The third-order valence-corrected chi connectivity index (χ3v) is 8.83. The largest absolute Gasteiger partial charge is 0.459 e. The van der Waals surface area contributed by atoms with Crippen molar-refractivity contribution in [2.24, 2.45) is 11.8 Å². The fourth-order valence-electron chi connectivity index (χ4n) is 3.83. The first-order valence-electron chi connectivity index (χ1n) is 9.96. The molecule has 16 heteroatoms. The normalized spacial score (nSPS) is 28.2. The second kappa shape index (κ2) is 11.1. The number of alkyl halides is 16. The van der Waals surface area contributed by atoms with Crippen LogP contribution in [0.3, 0.4) is 0 Å². The summed E-state index contributed by atoms with van der Waals surface area (Å²) >= 11 is 3.06. The van der Waals surface area contributed by atoms with Crippen LogP contribution in [0.5, 0.6) is 0 Å². The van der Waals surface area contributed by atoms with E-state index in [1.54, 1.807) is 0 Å². The van der Waals surface area contributed by atoms with Crippen LogP contribution in [0, 0.1) is 11.8 Å². The molecule has 0 N–H and O–H groups in total. The molecule has 0 heterocycles. The summed E-state index contributed by atoms with van der Waals surface area (Å²) in [6.45, 7) is 0. The summed E-state index contributed by atoms with van der Waals surface area (Å²) in [4.78, 5) is 0. The molecule has 2 aliphatic carbocycles. The van der Waals surface area contributed by atoms with Gasteiger partial charge in [-0.05, 0) is 25.7 Å². The Morgan fingerprint density at radius 1 is 0.412 bits per heavy atom. The molecule has 0 amide bonds. The molecule has 0 spiro atoms. The van der Waals surface area contributed by atoms with Crippen molar-refractivity contribution in [1.82, 2.24) is 0 Å². The molecule has 0 saturated heterocycles. The van der Waals surface area contributed by atoms with E-state index in [0.717, 1.165) is 0 Å². The number of rotatable bonds is 4. The lowest BCUT2D eigenvalue weighted by Crippen LogP contribution is -2.57. The van der Waals surface area contributed by atoms with E-state index in [1.165, 1.54) is 45.2 Å². The van der Waals surface area contributed by atoms with E-state index in [-0.39, 0.29) is 38.5 Å². The lowest BCUT2D eigenvalue weighted by Gasteiger charge is -2.38. The summed E-state index contributed by atoms with van der Waals surface area (Å²) in [5, 5.41) is 0. The molecule has 2 saturated carbocycles. The van der Waals surface area contributed by atoms with Crippen molar-refractivity contribution in [3.63, 3.8) is 0 Å². The van der Waals surface area contributed by atoms with Crippen molar-refractivity contribution in [3.8, 4) is 0 Å². The SMILES string of the molecule is FC(F)(F)C(F)(F)C(F)(F)[C@@H]1CCCC[C@@H]1I.FC(F)(F)C(F)(F)C(F)(F)[C@H]1CCCC[C@@H]1I. The number of halogens is 16. The molecule has 0 aromatic rings. The van der Waals surface area contributed by atoms with Crippen LogP contribution < -0.4 is 0 Å². The Morgan fingerprint density at radius 3 is 0.853 bits per heavy atom. The molecular formula is C18H20F14I2. The Kier molecular flexibility index (Phi) is 10.6. The van der Waals surface area contributed by atoms with Crippen LogP contribution in [0.2, 0.25) is 0 Å². The molecule has 2 fully saturated rings. The molecule has 204 valence electrons. The van der Waals surface area contributed by atoms with Gasteiger partial charge >= 0.3 is 36.0 Å². The molecule has 2 aliphatic rings. The highest BCUT2D eigenvalue weighted by atomic mass is 127. The van der Waals surface area contributed by atoms with Crippen LogP contribution in [0.1, 0.15) is 51.4 Å². The van der Waals surface area contributed by atoms with Gasteiger partial charge in [-0.25, -0.2) is 0 Å². The van der Waals surface area contributed by atoms with E-state index >= 15 is 0 Å². The third kappa shape index (κ3) is 6.48. The predicted molar refractivity (Wildman–Crippen MR) is 111 cm³/mol. The highest BCUT2D eigenvalue weighted by Crippen LogP contribution is 2.55. The number of hydrogen-bond donors (Lipinski definition) is 0. The summed E-state index contributed by atoms with van der Waals surface area (Å²) in [5.74, 6) is -25.9. The molecule has 0 radical (unpaired) electrons. The van der Waals surface area contributed by atoms with Gasteiger partial charge in [0, 0.05) is 19.7 Å². The highest BCUT2D eigenvalue weighted by Gasteiger charge is 2.76. The molecule has 0 aromatic heterocycles. The first kappa shape index (κ1) is 32.5. The molecule has 4 atom stereocenters. The van der Waals surface area contributed by atoms with E-state index in [1.807, 2.05) is 0 Å². The zero-order chi connectivity index (χ0) is 27.0. The van der Waals surface area contributed by atoms with Gasteiger partial charge in [0.1, 0.15) is 0 Å². The average molecular weight is 756 g/mol. The standard InChI is InChI=1S/2C9H10F7I/c2*10-7(11,8(12,13)9(14,15)16)5-3-1-2-4-6(5)17/h2*5-6H,1-4H2/t5-,6+;5-,6-/m10/s1. The van der Waals surface area contributed by atoms with Gasteiger partial charge in [-0.3, -0.25) is 0 Å². The first-order valence-corrected chi connectivity index (χ1v) is 12.5. The monoisotopic (exact) mass is 756 g/mol. The van der Waals surface area contributed by atoms with Crippen molar-refractivity contribution in [2.45, 2.75) is 95.3 Å². The van der Waals surface area contributed by atoms with Crippen molar-refractivity contribution >= 4 is 45.2 Å². The van der Waals surface area contributed by atoms with Gasteiger partial charge in [0.25, 0.3) is 0 Å². The fraction of sp³-hybridized carbons (Fsp3) is 1.00. The molecular weight excluding hydrogens is 736 g/mol. The van der Waals surface area contributed by atoms with Crippen molar-refractivity contribution in [2.75, 3.05) is 0 Å². The lowest BCUT2D eigenvalue weighted by atomic mass is 9.82. The van der Waals surface area contributed by atoms with Crippen molar-refractivity contribution in [3.05, 3.63) is 0 Å². The fourth-order valence-corrected chi connectivity index (χ4v) is 6.33. The Hall–Kier alpha value is 0.480. The Balaban J connectivity index is 0.000000340. The lowest BCUT2D eigenvalue weighted by molar-refractivity contribution is -0.366. The Bertz CT molecular complexity index is 602. The summed E-state index contributed by atoms with van der Waals surface area (Å²) in [7, 11) is 0. The zero-order valence-corrected chi connectivity index (χ0v) is 21.3. The second-order valence-corrected chi connectivity index (χ2v) is 11.4. The maximum absolute atomic E-state index is 13.4. The smallest absolute Gasteiger partial charge is 0.199 e. The van der Waals surface area contributed by atoms with Crippen LogP contribution in [0.15, 0.2) is 0 Å². The Morgan fingerprint density at radius 2 is 0.647 bits per heavy atom. The van der Waals surface area contributed by atoms with Crippen LogP contribution in [-0.2, 0) is 0 Å². The zero-order valence-electron chi connectivity index (χ0n) is 17.0. The van der Waals surface area contributed by atoms with Gasteiger partial charge in [-0.2, -0.15) is 61.5 Å². The van der Waals surface area contributed by atoms with Gasteiger partial charge in [0.2, 0.25) is 0 Å². The molecule has 0 bridgehead atoms. The van der Waals surface area contributed by atoms with Crippen molar-refractivity contribution in [1.29, 1.82) is 0 Å². The number of hydrogen-bond acceptors (Lipinski definition) is 0. The van der Waals surface area contributed by atoms with Crippen LogP contribution >= 0.6 is 45.2 Å². The van der Waals surface area contributed by atoms with Gasteiger partial charge in [0.15, 0.2) is 0 Å². The van der Waals surface area contributed by atoms with Gasteiger partial charge in [0.05, 0.1) is 0 Å². The predicted octanol–water partition coefficient (Wildman–Crippen LogP) is 9.63. The quantitative estimate of drug-likeness (QED) is 0.152. The maximum atomic E-state index is 13.4. The van der Waals surface area contributed by atoms with Gasteiger partial charge in [-0.15, -0.1) is 0 Å². The molecule has 2 rings (SSSR count). The van der Waals surface area contributed by atoms with Crippen LogP contribution in [0.4, 0.5) is 61.5 Å². The van der Waals surface area contributed by atoms with Gasteiger partial charge in [-0.1, -0.05) is 70.9 Å². The average Bonchev–Trinajstić information content (AvgIpc) is 2.67.